The van der Waals surface area contributed by atoms with Gasteiger partial charge in [-0.05, 0) is 16.3 Å². The molecule has 0 heterocycles. The van der Waals surface area contributed by atoms with Crippen molar-refractivity contribution in [2.45, 2.75) is 6.42 Å². The fraction of sp³-hybridized carbons (Fsp3) is 0.353. The van der Waals surface area contributed by atoms with E-state index in [1.807, 2.05) is 42.5 Å². The van der Waals surface area contributed by atoms with Crippen LogP contribution < -0.4 is 12.4 Å². The topological polar surface area (TPSA) is 57.5 Å². The Kier molecular flexibility index (Phi) is 8.72. The molecule has 0 saturated carbocycles. The molecule has 4 nitrogen and oxygen atoms in total. The van der Waals surface area contributed by atoms with Crippen LogP contribution in [-0.2, 0) is 11.2 Å². The van der Waals surface area contributed by atoms with Crippen LogP contribution in [0.3, 0.4) is 0 Å². The lowest BCUT2D eigenvalue weighted by Gasteiger charge is -2.21. The molecule has 0 amide bonds. The van der Waals surface area contributed by atoms with Crippen LogP contribution in [-0.4, -0.2) is 55.0 Å². The van der Waals surface area contributed by atoms with Crippen LogP contribution in [0.4, 0.5) is 0 Å². The maximum Gasteiger partial charge on any atom is 0.307 e. The summed E-state index contributed by atoms with van der Waals surface area (Å²) in [6.07, 6.45) is 0.0847. The molecular formula is C17H24ClNO3. The second kappa shape index (κ2) is 9.41. The molecule has 0 fully saturated rings. The Balaban J connectivity index is 0.000000478. The van der Waals surface area contributed by atoms with Gasteiger partial charge in [-0.1, -0.05) is 42.5 Å². The molecule has 2 rings (SSSR count). The van der Waals surface area contributed by atoms with Crippen molar-refractivity contribution in [3.8, 4) is 0 Å². The van der Waals surface area contributed by atoms with Crippen LogP contribution in [0, 0.1) is 0 Å². The molecule has 2 aromatic rings. The van der Waals surface area contributed by atoms with Crippen molar-refractivity contribution in [3.05, 3.63) is 48.0 Å². The maximum absolute atomic E-state index is 10.6. The summed E-state index contributed by atoms with van der Waals surface area (Å²) < 4.78 is 0.844. The second-order valence-corrected chi connectivity index (χ2v) is 5.95. The molecule has 0 spiro atoms. The third kappa shape index (κ3) is 7.41. The molecule has 0 unspecified atom stereocenters. The first-order chi connectivity index (χ1) is 9.83. The Morgan fingerprint density at radius 2 is 1.64 bits per heavy atom. The molecule has 0 atom stereocenters. The van der Waals surface area contributed by atoms with Gasteiger partial charge in [0, 0.05) is 0 Å². The minimum atomic E-state index is -0.790. The average Bonchev–Trinajstić information content (AvgIpc) is 2.38. The molecule has 0 saturated heterocycles. The minimum absolute atomic E-state index is 0. The predicted octanol–water partition coefficient (Wildman–Crippen LogP) is -0.844. The number of quaternary nitrogens is 1. The van der Waals surface area contributed by atoms with Gasteiger partial charge in [0.15, 0.2) is 0 Å². The Labute approximate surface area is 138 Å². The summed E-state index contributed by atoms with van der Waals surface area (Å²) in [5.74, 6) is -0.790. The van der Waals surface area contributed by atoms with Gasteiger partial charge in [0.05, 0.1) is 34.2 Å². The van der Waals surface area contributed by atoms with E-state index in [1.165, 1.54) is 0 Å². The number of rotatable bonds is 4. The van der Waals surface area contributed by atoms with Gasteiger partial charge in [0.25, 0.3) is 0 Å². The lowest BCUT2D eigenvalue weighted by Crippen LogP contribution is -3.00. The normalized spacial score (nSPS) is 10.4. The monoisotopic (exact) mass is 325 g/mol. The first-order valence-corrected chi connectivity index (χ1v) is 6.93. The summed E-state index contributed by atoms with van der Waals surface area (Å²) >= 11 is 0. The number of carboxylic acid groups (broad SMARTS) is 1. The molecule has 22 heavy (non-hydrogen) atoms. The van der Waals surface area contributed by atoms with Gasteiger partial charge in [-0.3, -0.25) is 4.79 Å². The number of hydrogen-bond acceptors (Lipinski definition) is 2. The van der Waals surface area contributed by atoms with Crippen LogP contribution in [0.25, 0.3) is 10.8 Å². The van der Waals surface area contributed by atoms with Crippen molar-refractivity contribution in [2.75, 3.05) is 34.3 Å². The molecule has 0 aliphatic heterocycles. The van der Waals surface area contributed by atoms with E-state index in [9.17, 15) is 4.79 Å². The highest BCUT2D eigenvalue weighted by Crippen LogP contribution is 2.18. The molecule has 122 valence electrons. The van der Waals surface area contributed by atoms with E-state index in [4.69, 9.17) is 10.2 Å². The van der Waals surface area contributed by atoms with E-state index >= 15 is 0 Å². The van der Waals surface area contributed by atoms with Crippen molar-refractivity contribution < 1.29 is 31.9 Å². The van der Waals surface area contributed by atoms with E-state index in [1.54, 1.807) is 0 Å². The number of likely N-dealkylation sites (N-methyl/N-ethyl adjacent to an activating group) is 1. The number of aliphatic hydroxyl groups excluding tert-OH is 1. The zero-order valence-electron chi connectivity index (χ0n) is 13.3. The lowest BCUT2D eigenvalue weighted by molar-refractivity contribution is -0.870. The van der Waals surface area contributed by atoms with Gasteiger partial charge >= 0.3 is 5.97 Å². The first-order valence-electron chi connectivity index (χ1n) is 6.93. The highest BCUT2D eigenvalue weighted by atomic mass is 35.5. The highest BCUT2D eigenvalue weighted by Gasteiger charge is 2.04. The third-order valence-corrected chi connectivity index (χ3v) is 2.99. The van der Waals surface area contributed by atoms with E-state index in [0.29, 0.717) is 0 Å². The fourth-order valence-electron chi connectivity index (χ4n) is 1.91. The van der Waals surface area contributed by atoms with Gasteiger partial charge in [-0.15, -0.1) is 0 Å². The number of hydrogen-bond donors (Lipinski definition) is 2. The number of nitrogens with zero attached hydrogens (tertiary/aromatic N) is 1. The van der Waals surface area contributed by atoms with Crippen molar-refractivity contribution >= 4 is 16.7 Å². The molecular weight excluding hydrogens is 302 g/mol. The van der Waals surface area contributed by atoms with Crippen molar-refractivity contribution in [1.82, 2.24) is 0 Å². The van der Waals surface area contributed by atoms with E-state index < -0.39 is 5.97 Å². The van der Waals surface area contributed by atoms with Crippen LogP contribution in [0.5, 0.6) is 0 Å². The number of aliphatic hydroxyl groups is 1. The van der Waals surface area contributed by atoms with Crippen LogP contribution in [0.2, 0.25) is 0 Å². The number of halogens is 1. The van der Waals surface area contributed by atoms with E-state index in [0.717, 1.165) is 27.4 Å². The molecule has 0 aliphatic carbocycles. The zero-order chi connectivity index (χ0) is 15.9. The number of carbonyl (C=O) groups is 1. The SMILES string of the molecule is C[N+](C)(C)CCO.O=C(O)Cc1cccc2ccccc12.[Cl-]. The highest BCUT2D eigenvalue weighted by molar-refractivity contribution is 5.88. The minimum Gasteiger partial charge on any atom is -1.00 e. The Hall–Kier alpha value is -1.62. The van der Waals surface area contributed by atoms with Crippen molar-refractivity contribution in [2.24, 2.45) is 0 Å². The molecule has 2 aromatic carbocycles. The number of carboxylic acids is 1. The Morgan fingerprint density at radius 3 is 2.14 bits per heavy atom. The molecule has 5 heteroatoms. The van der Waals surface area contributed by atoms with Gasteiger partial charge in [0.1, 0.15) is 6.54 Å². The van der Waals surface area contributed by atoms with Gasteiger partial charge in [-0.25, -0.2) is 0 Å². The quantitative estimate of drug-likeness (QED) is 0.721. The number of fused-ring (bicyclic) bond motifs is 1. The maximum atomic E-state index is 10.6. The molecule has 0 aliphatic rings. The fourth-order valence-corrected chi connectivity index (χ4v) is 1.91. The van der Waals surface area contributed by atoms with Crippen molar-refractivity contribution in [1.29, 1.82) is 0 Å². The molecule has 2 N–H and O–H groups in total. The van der Waals surface area contributed by atoms with Crippen molar-refractivity contribution in [3.63, 3.8) is 0 Å². The smallest absolute Gasteiger partial charge is 0.307 e. The largest absolute Gasteiger partial charge is 1.00 e. The second-order valence-electron chi connectivity index (χ2n) is 5.95. The summed E-state index contributed by atoms with van der Waals surface area (Å²) in [5.41, 5.74) is 0.871. The Bertz CT molecular complexity index is 588. The van der Waals surface area contributed by atoms with Gasteiger partial charge < -0.3 is 27.1 Å². The lowest BCUT2D eigenvalue weighted by atomic mass is 10.0. The summed E-state index contributed by atoms with van der Waals surface area (Å²) in [4.78, 5) is 10.6. The van der Waals surface area contributed by atoms with E-state index in [-0.39, 0.29) is 25.4 Å². The summed E-state index contributed by atoms with van der Waals surface area (Å²) in [7, 11) is 6.16. The third-order valence-electron chi connectivity index (χ3n) is 2.99. The van der Waals surface area contributed by atoms with E-state index in [2.05, 4.69) is 21.1 Å². The van der Waals surface area contributed by atoms with Gasteiger partial charge in [0.2, 0.25) is 0 Å². The van der Waals surface area contributed by atoms with Crippen LogP contribution in [0.1, 0.15) is 5.56 Å². The summed E-state index contributed by atoms with van der Waals surface area (Å²) in [5, 5.41) is 19.2. The number of aliphatic carboxylic acids is 1. The molecule has 0 aromatic heterocycles. The number of benzene rings is 2. The van der Waals surface area contributed by atoms with Crippen LogP contribution >= 0.6 is 0 Å². The Morgan fingerprint density at radius 1 is 1.05 bits per heavy atom. The van der Waals surface area contributed by atoms with Gasteiger partial charge in [-0.2, -0.15) is 0 Å². The van der Waals surface area contributed by atoms with Crippen LogP contribution in [0.15, 0.2) is 42.5 Å². The first kappa shape index (κ1) is 20.4. The standard InChI is InChI=1S/C12H10O2.C5H14NO.ClH/c13-12(14)8-10-6-3-5-9-4-1-2-7-11(9)10;1-6(2,3)4-5-7;/h1-7H,8H2,(H,13,14);7H,4-5H2,1-3H3;1H/q;+1;/p-1. The summed E-state index contributed by atoms with van der Waals surface area (Å²) in [6.45, 7) is 1.11. The predicted molar refractivity (Wildman–Crippen MR) is 85.3 cm³/mol. The summed E-state index contributed by atoms with van der Waals surface area (Å²) in [6, 6.07) is 13.5. The molecule has 0 radical (unpaired) electrons. The zero-order valence-corrected chi connectivity index (χ0v) is 14.0. The molecule has 0 bridgehead atoms. The average molecular weight is 326 g/mol.